The van der Waals surface area contributed by atoms with Gasteiger partial charge in [-0.25, -0.2) is 13.1 Å². The fourth-order valence-corrected chi connectivity index (χ4v) is 4.54. The number of sulfonamides is 1. The molecule has 3 aromatic rings. The van der Waals surface area contributed by atoms with Crippen molar-refractivity contribution in [3.8, 4) is 11.1 Å². The molecular formula is C21H20N2O2S. The van der Waals surface area contributed by atoms with Crippen LogP contribution in [0.5, 0.6) is 0 Å². The smallest absolute Gasteiger partial charge is 0.240 e. The quantitative estimate of drug-likeness (QED) is 0.743. The van der Waals surface area contributed by atoms with Crippen LogP contribution in [0.25, 0.3) is 11.1 Å². The van der Waals surface area contributed by atoms with Gasteiger partial charge in [0.15, 0.2) is 0 Å². The fourth-order valence-electron chi connectivity index (χ4n) is 3.29. The maximum Gasteiger partial charge on any atom is 0.240 e. The summed E-state index contributed by atoms with van der Waals surface area (Å²) >= 11 is 0. The van der Waals surface area contributed by atoms with Gasteiger partial charge in [-0.1, -0.05) is 54.6 Å². The van der Waals surface area contributed by atoms with Crippen LogP contribution >= 0.6 is 0 Å². The van der Waals surface area contributed by atoms with Gasteiger partial charge in [-0.15, -0.1) is 0 Å². The van der Waals surface area contributed by atoms with Crippen molar-refractivity contribution in [2.75, 3.05) is 11.9 Å². The van der Waals surface area contributed by atoms with Gasteiger partial charge in [-0.2, -0.15) is 0 Å². The number of anilines is 1. The minimum Gasteiger partial charge on any atom is -0.383 e. The van der Waals surface area contributed by atoms with E-state index in [2.05, 4.69) is 40.4 Å². The molecule has 0 saturated carbocycles. The zero-order valence-corrected chi connectivity index (χ0v) is 15.0. The lowest BCUT2D eigenvalue weighted by atomic mass is 9.95. The van der Waals surface area contributed by atoms with Crippen molar-refractivity contribution in [1.29, 1.82) is 0 Å². The standard InChI is InChI=1S/C21H20N2O2S/c24-26(25,20-9-5-2-6-10-20)23-19-14-18-13-17(11-12-21(18)22-15-19)16-7-3-1-4-8-16/h1-13,19,22-23H,14-15H2. The molecule has 3 aromatic carbocycles. The highest BCUT2D eigenvalue weighted by Gasteiger charge is 2.24. The van der Waals surface area contributed by atoms with Gasteiger partial charge in [0.2, 0.25) is 10.0 Å². The number of hydrogen-bond acceptors (Lipinski definition) is 3. The van der Waals surface area contributed by atoms with Crippen molar-refractivity contribution in [3.05, 3.63) is 84.4 Å². The molecule has 0 fully saturated rings. The highest BCUT2D eigenvalue weighted by atomic mass is 32.2. The Kier molecular flexibility index (Phi) is 4.49. The summed E-state index contributed by atoms with van der Waals surface area (Å²) < 4.78 is 27.9. The lowest BCUT2D eigenvalue weighted by Crippen LogP contribution is -2.43. The highest BCUT2D eigenvalue weighted by molar-refractivity contribution is 7.89. The van der Waals surface area contributed by atoms with Gasteiger partial charge in [0.05, 0.1) is 4.90 Å². The number of benzene rings is 3. The lowest BCUT2D eigenvalue weighted by Gasteiger charge is -2.27. The molecule has 5 heteroatoms. The summed E-state index contributed by atoms with van der Waals surface area (Å²) in [4.78, 5) is 0.295. The average molecular weight is 364 g/mol. The highest BCUT2D eigenvalue weighted by Crippen LogP contribution is 2.28. The Morgan fingerprint density at radius 1 is 0.846 bits per heavy atom. The summed E-state index contributed by atoms with van der Waals surface area (Å²) in [5.74, 6) is 0. The summed E-state index contributed by atoms with van der Waals surface area (Å²) in [7, 11) is -3.51. The van der Waals surface area contributed by atoms with Crippen LogP contribution < -0.4 is 10.0 Å². The van der Waals surface area contributed by atoms with E-state index in [1.165, 1.54) is 0 Å². The second-order valence-electron chi connectivity index (χ2n) is 6.45. The second-order valence-corrected chi connectivity index (χ2v) is 8.17. The van der Waals surface area contributed by atoms with Gasteiger partial charge in [0.25, 0.3) is 0 Å². The second kappa shape index (κ2) is 6.94. The van der Waals surface area contributed by atoms with E-state index in [1.807, 2.05) is 24.3 Å². The monoisotopic (exact) mass is 364 g/mol. The van der Waals surface area contributed by atoms with Gasteiger partial charge >= 0.3 is 0 Å². The average Bonchev–Trinajstić information content (AvgIpc) is 2.68. The Morgan fingerprint density at radius 2 is 1.54 bits per heavy atom. The van der Waals surface area contributed by atoms with E-state index in [4.69, 9.17) is 0 Å². The first-order chi connectivity index (χ1) is 12.6. The van der Waals surface area contributed by atoms with Crippen molar-refractivity contribution in [3.63, 3.8) is 0 Å². The van der Waals surface area contributed by atoms with Crippen LogP contribution in [-0.2, 0) is 16.4 Å². The Balaban J connectivity index is 1.56. The fraction of sp³-hybridized carbons (Fsp3) is 0.143. The Bertz CT molecular complexity index is 1000. The van der Waals surface area contributed by atoms with Crippen LogP contribution in [0.15, 0.2) is 83.8 Å². The van der Waals surface area contributed by atoms with E-state index in [9.17, 15) is 8.42 Å². The first-order valence-corrected chi connectivity index (χ1v) is 10.1. The van der Waals surface area contributed by atoms with Crippen LogP contribution in [0.2, 0.25) is 0 Å². The molecule has 0 amide bonds. The molecule has 0 radical (unpaired) electrons. The van der Waals surface area contributed by atoms with E-state index in [1.54, 1.807) is 24.3 Å². The summed E-state index contributed by atoms with van der Waals surface area (Å²) in [6.07, 6.45) is 0.662. The molecule has 1 aliphatic heterocycles. The third-order valence-electron chi connectivity index (χ3n) is 4.59. The van der Waals surface area contributed by atoms with Gasteiger partial charge in [-0.05, 0) is 47.4 Å². The molecule has 1 heterocycles. The van der Waals surface area contributed by atoms with E-state index in [0.29, 0.717) is 17.9 Å². The van der Waals surface area contributed by atoms with Crippen molar-refractivity contribution in [2.45, 2.75) is 17.4 Å². The van der Waals surface area contributed by atoms with E-state index < -0.39 is 10.0 Å². The molecule has 132 valence electrons. The molecule has 0 saturated heterocycles. The Morgan fingerprint density at radius 3 is 2.27 bits per heavy atom. The van der Waals surface area contributed by atoms with Crippen molar-refractivity contribution < 1.29 is 8.42 Å². The van der Waals surface area contributed by atoms with E-state index in [0.717, 1.165) is 22.4 Å². The predicted molar refractivity (Wildman–Crippen MR) is 105 cm³/mol. The molecule has 1 atom stereocenters. The van der Waals surface area contributed by atoms with Crippen LogP contribution in [0, 0.1) is 0 Å². The van der Waals surface area contributed by atoms with E-state index >= 15 is 0 Å². The maximum atomic E-state index is 12.6. The zero-order valence-electron chi connectivity index (χ0n) is 14.2. The minimum atomic E-state index is -3.51. The molecule has 0 bridgehead atoms. The molecule has 1 aliphatic rings. The largest absolute Gasteiger partial charge is 0.383 e. The predicted octanol–water partition coefficient (Wildman–Crippen LogP) is 3.67. The van der Waals surface area contributed by atoms with Gasteiger partial charge in [-0.3, -0.25) is 0 Å². The molecular weight excluding hydrogens is 344 g/mol. The molecule has 1 unspecified atom stereocenters. The molecule has 26 heavy (non-hydrogen) atoms. The molecule has 0 aromatic heterocycles. The zero-order chi connectivity index (χ0) is 18.0. The van der Waals surface area contributed by atoms with Crippen LogP contribution in [0.4, 0.5) is 5.69 Å². The third-order valence-corrected chi connectivity index (χ3v) is 6.13. The van der Waals surface area contributed by atoms with Crippen molar-refractivity contribution >= 4 is 15.7 Å². The molecule has 4 nitrogen and oxygen atoms in total. The molecule has 0 spiro atoms. The first kappa shape index (κ1) is 16.8. The van der Waals surface area contributed by atoms with Crippen LogP contribution in [0.3, 0.4) is 0 Å². The Labute approximate surface area is 153 Å². The normalized spacial score (nSPS) is 16.5. The molecule has 2 N–H and O–H groups in total. The molecule has 0 aliphatic carbocycles. The number of hydrogen-bond donors (Lipinski definition) is 2. The SMILES string of the molecule is O=S(=O)(NC1CNc2ccc(-c3ccccc3)cc2C1)c1ccccc1. The summed E-state index contributed by atoms with van der Waals surface area (Å²) in [5, 5.41) is 3.34. The van der Waals surface area contributed by atoms with Crippen LogP contribution in [0.1, 0.15) is 5.56 Å². The minimum absolute atomic E-state index is 0.182. The number of fused-ring (bicyclic) bond motifs is 1. The van der Waals surface area contributed by atoms with Gasteiger partial charge in [0, 0.05) is 18.3 Å². The summed E-state index contributed by atoms with van der Waals surface area (Å²) in [6.45, 7) is 0.573. The summed E-state index contributed by atoms with van der Waals surface area (Å²) in [6, 6.07) is 24.8. The van der Waals surface area contributed by atoms with Gasteiger partial charge in [0.1, 0.15) is 0 Å². The molecule has 4 rings (SSSR count). The Hall–Kier alpha value is -2.63. The topological polar surface area (TPSA) is 58.2 Å². The first-order valence-electron chi connectivity index (χ1n) is 8.61. The van der Waals surface area contributed by atoms with Crippen molar-refractivity contribution in [2.24, 2.45) is 0 Å². The van der Waals surface area contributed by atoms with Gasteiger partial charge < -0.3 is 5.32 Å². The third kappa shape index (κ3) is 3.49. The van der Waals surface area contributed by atoms with Crippen molar-refractivity contribution in [1.82, 2.24) is 4.72 Å². The van der Waals surface area contributed by atoms with Crippen LogP contribution in [-0.4, -0.2) is 21.0 Å². The van der Waals surface area contributed by atoms with E-state index in [-0.39, 0.29) is 6.04 Å². The lowest BCUT2D eigenvalue weighted by molar-refractivity contribution is 0.549. The number of rotatable bonds is 4. The number of nitrogens with one attached hydrogen (secondary N) is 2. The summed E-state index contributed by atoms with van der Waals surface area (Å²) in [5.41, 5.74) is 4.48. The maximum absolute atomic E-state index is 12.6.